The van der Waals surface area contributed by atoms with Crippen LogP contribution in [0.3, 0.4) is 0 Å². The quantitative estimate of drug-likeness (QED) is 0.664. The van der Waals surface area contributed by atoms with Crippen molar-refractivity contribution in [3.8, 4) is 0 Å². The lowest BCUT2D eigenvalue weighted by Gasteiger charge is -2.14. The summed E-state index contributed by atoms with van der Waals surface area (Å²) in [4.78, 5) is 0. The molecule has 0 aliphatic heterocycles. The van der Waals surface area contributed by atoms with E-state index in [2.05, 4.69) is 13.8 Å². The highest BCUT2D eigenvalue weighted by Crippen LogP contribution is 2.09. The van der Waals surface area contributed by atoms with E-state index >= 15 is 0 Å². The van der Waals surface area contributed by atoms with Gasteiger partial charge in [0.05, 0.1) is 0 Å². The molecule has 0 saturated carbocycles. The molecule has 14 heavy (non-hydrogen) atoms. The van der Waals surface area contributed by atoms with Crippen LogP contribution in [-0.2, 0) is 9.84 Å². The Balaban J connectivity index is 3.39. The molecule has 0 aliphatic rings. The van der Waals surface area contributed by atoms with E-state index in [1.165, 1.54) is 6.26 Å². The Morgan fingerprint density at radius 1 is 1.14 bits per heavy atom. The molecule has 0 amide bonds. The van der Waals surface area contributed by atoms with Gasteiger partial charge in [-0.05, 0) is 18.8 Å². The fraction of sp³-hybridized carbons (Fsp3) is 1.00. The lowest BCUT2D eigenvalue weighted by molar-refractivity contribution is 0.444. The minimum atomic E-state index is -2.77. The molecular formula is C10H23NO2S. The van der Waals surface area contributed by atoms with E-state index in [9.17, 15) is 8.42 Å². The van der Waals surface area contributed by atoms with Gasteiger partial charge in [0.1, 0.15) is 9.84 Å². The van der Waals surface area contributed by atoms with Crippen LogP contribution in [0.25, 0.3) is 0 Å². The highest BCUT2D eigenvalue weighted by atomic mass is 32.2. The van der Waals surface area contributed by atoms with Crippen molar-refractivity contribution in [2.75, 3.05) is 12.0 Å². The van der Waals surface area contributed by atoms with Gasteiger partial charge in [-0.15, -0.1) is 0 Å². The van der Waals surface area contributed by atoms with Crippen LogP contribution < -0.4 is 5.73 Å². The number of nitrogens with two attached hydrogens (primary N) is 1. The third-order valence-electron chi connectivity index (χ3n) is 2.41. The van der Waals surface area contributed by atoms with Crippen molar-refractivity contribution in [2.24, 2.45) is 11.7 Å². The predicted molar refractivity (Wildman–Crippen MR) is 61.0 cm³/mol. The molecule has 0 spiro atoms. The minimum absolute atomic E-state index is 0.258. The Morgan fingerprint density at radius 2 is 1.71 bits per heavy atom. The van der Waals surface area contributed by atoms with E-state index in [4.69, 9.17) is 5.73 Å². The summed E-state index contributed by atoms with van der Waals surface area (Å²) in [6.07, 6.45) is 5.06. The second-order valence-electron chi connectivity index (χ2n) is 4.39. The van der Waals surface area contributed by atoms with E-state index in [1.54, 1.807) is 0 Å². The zero-order valence-corrected chi connectivity index (χ0v) is 10.3. The fourth-order valence-electron chi connectivity index (χ4n) is 1.25. The molecule has 0 radical (unpaired) electrons. The molecule has 2 N–H and O–H groups in total. The molecule has 1 atom stereocenters. The van der Waals surface area contributed by atoms with Crippen molar-refractivity contribution in [1.82, 2.24) is 0 Å². The monoisotopic (exact) mass is 221 g/mol. The van der Waals surface area contributed by atoms with E-state index < -0.39 is 9.84 Å². The van der Waals surface area contributed by atoms with Crippen LogP contribution in [0.2, 0.25) is 0 Å². The molecule has 4 heteroatoms. The highest BCUT2D eigenvalue weighted by molar-refractivity contribution is 7.90. The Kier molecular flexibility index (Phi) is 6.36. The van der Waals surface area contributed by atoms with Gasteiger partial charge in [0.2, 0.25) is 0 Å². The maximum Gasteiger partial charge on any atom is 0.147 e. The summed E-state index contributed by atoms with van der Waals surface area (Å²) < 4.78 is 21.6. The lowest BCUT2D eigenvalue weighted by atomic mass is 9.99. The van der Waals surface area contributed by atoms with Crippen LogP contribution in [0, 0.1) is 5.92 Å². The molecule has 86 valence electrons. The van der Waals surface area contributed by atoms with Crippen molar-refractivity contribution in [3.05, 3.63) is 0 Å². The lowest BCUT2D eigenvalue weighted by Crippen LogP contribution is -2.25. The van der Waals surface area contributed by atoms with Crippen molar-refractivity contribution < 1.29 is 8.42 Å². The molecule has 0 aliphatic carbocycles. The van der Waals surface area contributed by atoms with Crippen LogP contribution in [-0.4, -0.2) is 26.5 Å². The van der Waals surface area contributed by atoms with Crippen LogP contribution in [0.1, 0.15) is 39.5 Å². The molecule has 0 fully saturated rings. The Hall–Kier alpha value is -0.0900. The van der Waals surface area contributed by atoms with Crippen LogP contribution in [0.15, 0.2) is 0 Å². The number of rotatable bonds is 7. The highest BCUT2D eigenvalue weighted by Gasteiger charge is 2.07. The standard InChI is InChI=1S/C10H23NO2S/c1-9(2)10(11)7-5-4-6-8-14(3,12)13/h9-10H,4-8,11H2,1-3H3. The molecule has 0 rings (SSSR count). The maximum absolute atomic E-state index is 10.8. The van der Waals surface area contributed by atoms with E-state index in [1.807, 2.05) is 0 Å². The van der Waals surface area contributed by atoms with Crippen molar-refractivity contribution >= 4 is 9.84 Å². The number of sulfone groups is 1. The predicted octanol–water partition coefficient (Wildman–Crippen LogP) is 1.57. The molecule has 0 bridgehead atoms. The first-order valence-corrected chi connectivity index (χ1v) is 7.32. The Bertz CT molecular complexity index is 235. The van der Waals surface area contributed by atoms with Gasteiger partial charge in [-0.2, -0.15) is 0 Å². The average Bonchev–Trinajstić information content (AvgIpc) is 2.01. The second-order valence-corrected chi connectivity index (χ2v) is 6.65. The van der Waals surface area contributed by atoms with Gasteiger partial charge in [-0.3, -0.25) is 0 Å². The van der Waals surface area contributed by atoms with E-state index in [-0.39, 0.29) is 6.04 Å². The molecule has 0 aromatic carbocycles. The van der Waals surface area contributed by atoms with Gasteiger partial charge in [-0.1, -0.05) is 26.7 Å². The summed E-state index contributed by atoms with van der Waals surface area (Å²) in [5, 5.41) is 0. The van der Waals surface area contributed by atoms with Crippen LogP contribution >= 0.6 is 0 Å². The molecule has 0 saturated heterocycles. The summed E-state index contributed by atoms with van der Waals surface area (Å²) in [5.74, 6) is 0.828. The smallest absolute Gasteiger partial charge is 0.147 e. The Labute approximate surface area is 88.0 Å². The first-order valence-electron chi connectivity index (χ1n) is 5.26. The largest absolute Gasteiger partial charge is 0.327 e. The molecule has 0 heterocycles. The van der Waals surface area contributed by atoms with Crippen molar-refractivity contribution in [2.45, 2.75) is 45.6 Å². The average molecular weight is 221 g/mol. The summed E-state index contributed by atoms with van der Waals surface area (Å²) in [7, 11) is -2.77. The zero-order chi connectivity index (χ0) is 11.2. The fourth-order valence-corrected chi connectivity index (χ4v) is 1.98. The maximum atomic E-state index is 10.8. The molecule has 0 aromatic heterocycles. The number of hydrogen-bond acceptors (Lipinski definition) is 3. The zero-order valence-electron chi connectivity index (χ0n) is 9.49. The van der Waals surface area contributed by atoms with E-state index in [0.717, 1.165) is 25.7 Å². The van der Waals surface area contributed by atoms with Gasteiger partial charge in [0.15, 0.2) is 0 Å². The summed E-state index contributed by atoms with van der Waals surface area (Å²) in [5.41, 5.74) is 5.87. The summed E-state index contributed by atoms with van der Waals surface area (Å²) in [6.45, 7) is 4.22. The molecule has 3 nitrogen and oxygen atoms in total. The molecular weight excluding hydrogens is 198 g/mol. The van der Waals surface area contributed by atoms with Crippen molar-refractivity contribution in [1.29, 1.82) is 0 Å². The van der Waals surface area contributed by atoms with Gasteiger partial charge in [0, 0.05) is 18.1 Å². The van der Waals surface area contributed by atoms with Crippen LogP contribution in [0.5, 0.6) is 0 Å². The molecule has 1 unspecified atom stereocenters. The normalized spacial score (nSPS) is 14.6. The van der Waals surface area contributed by atoms with Gasteiger partial charge in [-0.25, -0.2) is 8.42 Å². The van der Waals surface area contributed by atoms with Gasteiger partial charge in [0.25, 0.3) is 0 Å². The molecule has 0 aromatic rings. The third-order valence-corrected chi connectivity index (χ3v) is 3.44. The number of hydrogen-bond donors (Lipinski definition) is 1. The SMILES string of the molecule is CC(C)C(N)CCCCCS(C)(=O)=O. The Morgan fingerprint density at radius 3 is 2.14 bits per heavy atom. The van der Waals surface area contributed by atoms with E-state index in [0.29, 0.717) is 11.7 Å². The number of unbranched alkanes of at least 4 members (excludes halogenated alkanes) is 2. The van der Waals surface area contributed by atoms with Gasteiger partial charge < -0.3 is 5.73 Å². The van der Waals surface area contributed by atoms with Crippen molar-refractivity contribution in [3.63, 3.8) is 0 Å². The first-order chi connectivity index (χ1) is 6.33. The first kappa shape index (κ1) is 13.9. The van der Waals surface area contributed by atoms with Crippen LogP contribution in [0.4, 0.5) is 0 Å². The van der Waals surface area contributed by atoms with Gasteiger partial charge >= 0.3 is 0 Å². The summed E-state index contributed by atoms with van der Waals surface area (Å²) >= 11 is 0. The third kappa shape index (κ3) is 8.51. The minimum Gasteiger partial charge on any atom is -0.327 e. The second kappa shape index (κ2) is 6.40. The topological polar surface area (TPSA) is 60.2 Å². The summed E-state index contributed by atoms with van der Waals surface area (Å²) in [6, 6.07) is 0.258.